The molecule has 0 saturated heterocycles. The third-order valence-corrected chi connectivity index (χ3v) is 3.78. The number of unbranched alkanes of at least 4 members (excludes halogenated alkanes) is 1. The minimum atomic E-state index is -1.27. The number of amides is 1. The van der Waals surface area contributed by atoms with Gasteiger partial charge in [0.2, 0.25) is 6.10 Å². The molecule has 1 aromatic rings. The van der Waals surface area contributed by atoms with Crippen molar-refractivity contribution in [3.8, 4) is 5.75 Å². The largest absolute Gasteiger partial charge is 0.489 e. The van der Waals surface area contributed by atoms with Crippen LogP contribution in [-0.2, 0) is 14.3 Å². The zero-order valence-corrected chi connectivity index (χ0v) is 16.7. The highest BCUT2D eigenvalue weighted by Gasteiger charge is 2.27. The van der Waals surface area contributed by atoms with Gasteiger partial charge in [0.05, 0.1) is 23.9 Å². The Morgan fingerprint density at radius 3 is 2.56 bits per heavy atom. The molecule has 1 rings (SSSR count). The summed E-state index contributed by atoms with van der Waals surface area (Å²) in [5.41, 5.74) is 0.210. The van der Waals surface area contributed by atoms with Gasteiger partial charge in [-0.2, -0.15) is 0 Å². The molecule has 0 aliphatic rings. The number of nitrogens with one attached hydrogen (secondary N) is 1. The second-order valence-electron chi connectivity index (χ2n) is 6.12. The fourth-order valence-electron chi connectivity index (χ4n) is 2.16. The Hall–Kier alpha value is -2.28. The number of esters is 1. The number of hydrogen-bond acceptors (Lipinski definition) is 5. The summed E-state index contributed by atoms with van der Waals surface area (Å²) in [7, 11) is 1.18. The van der Waals surface area contributed by atoms with Gasteiger partial charge >= 0.3 is 12.1 Å². The van der Waals surface area contributed by atoms with Crippen LogP contribution in [-0.4, -0.2) is 31.4 Å². The van der Waals surface area contributed by atoms with Gasteiger partial charge in [-0.15, -0.1) is 0 Å². The van der Waals surface area contributed by atoms with E-state index in [1.165, 1.54) is 13.2 Å². The maximum absolute atomic E-state index is 14.1. The van der Waals surface area contributed by atoms with Crippen molar-refractivity contribution in [3.63, 3.8) is 0 Å². The van der Waals surface area contributed by atoms with E-state index in [4.69, 9.17) is 21.1 Å². The van der Waals surface area contributed by atoms with Crippen LogP contribution in [0.2, 0.25) is 5.02 Å². The lowest BCUT2D eigenvalue weighted by Crippen LogP contribution is -2.32. The van der Waals surface area contributed by atoms with Crippen molar-refractivity contribution in [1.29, 1.82) is 0 Å². The fourth-order valence-corrected chi connectivity index (χ4v) is 2.35. The highest BCUT2D eigenvalue weighted by atomic mass is 35.5. The molecule has 1 N–H and O–H groups in total. The zero-order chi connectivity index (χ0) is 20.6. The first-order valence-electron chi connectivity index (χ1n) is 8.58. The molecule has 0 radical (unpaired) electrons. The molecular formula is C19H25ClFNO5. The number of carbonyl (C=O) groups is 2. The average Bonchev–Trinajstić information content (AvgIpc) is 2.60. The molecule has 0 heterocycles. The predicted octanol–water partition coefficient (Wildman–Crippen LogP) is 5.10. The quantitative estimate of drug-likeness (QED) is 0.460. The average molecular weight is 402 g/mol. The Bertz CT molecular complexity index is 693. The molecule has 0 aliphatic carbocycles. The Morgan fingerprint density at radius 1 is 1.33 bits per heavy atom. The van der Waals surface area contributed by atoms with Crippen LogP contribution in [0.4, 0.5) is 14.9 Å². The normalized spacial score (nSPS) is 11.7. The molecule has 1 unspecified atom stereocenters. The van der Waals surface area contributed by atoms with E-state index in [0.717, 1.165) is 18.9 Å². The van der Waals surface area contributed by atoms with Gasteiger partial charge in [0.1, 0.15) is 11.6 Å². The summed E-state index contributed by atoms with van der Waals surface area (Å²) < 4.78 is 29.3. The molecule has 0 fully saturated rings. The van der Waals surface area contributed by atoms with Crippen molar-refractivity contribution in [2.24, 2.45) is 0 Å². The molecule has 1 atom stereocenters. The van der Waals surface area contributed by atoms with E-state index in [9.17, 15) is 14.0 Å². The minimum Gasteiger partial charge on any atom is -0.489 e. The molecule has 0 aromatic heterocycles. The maximum atomic E-state index is 14.1. The SMILES string of the molecule is C=C(CCCC)C(OC(=O)Nc1cc(OC(C)C)c(Cl)cc1F)C(=O)OC. The third-order valence-electron chi connectivity index (χ3n) is 3.48. The van der Waals surface area contributed by atoms with Gasteiger partial charge in [0, 0.05) is 6.07 Å². The Morgan fingerprint density at radius 2 is 2.00 bits per heavy atom. The minimum absolute atomic E-state index is 0.0699. The second kappa shape index (κ2) is 10.8. The van der Waals surface area contributed by atoms with Crippen molar-refractivity contribution in [2.75, 3.05) is 12.4 Å². The summed E-state index contributed by atoms with van der Waals surface area (Å²) in [5.74, 6) is -1.32. The topological polar surface area (TPSA) is 73.9 Å². The first kappa shape index (κ1) is 22.8. The Kier molecular flexibility index (Phi) is 9.08. The smallest absolute Gasteiger partial charge is 0.412 e. The molecule has 27 heavy (non-hydrogen) atoms. The van der Waals surface area contributed by atoms with E-state index in [1.807, 2.05) is 6.92 Å². The van der Waals surface area contributed by atoms with Crippen molar-refractivity contribution in [2.45, 2.75) is 52.2 Å². The molecule has 8 heteroatoms. The number of halogens is 2. The molecule has 0 bridgehead atoms. The highest BCUT2D eigenvalue weighted by Crippen LogP contribution is 2.31. The summed E-state index contributed by atoms with van der Waals surface area (Å²) >= 11 is 5.94. The fraction of sp³-hybridized carbons (Fsp3) is 0.474. The number of rotatable bonds is 9. The lowest BCUT2D eigenvalue weighted by Gasteiger charge is -2.19. The standard InChI is InChI=1S/C19H25ClFNO5/c1-6-7-8-12(4)17(18(23)25-5)27-19(24)22-15-10-16(26-11(2)3)13(20)9-14(15)21/h9-11,17H,4,6-8H2,1-3,5H3,(H,22,24). The molecule has 0 spiro atoms. The van der Waals surface area contributed by atoms with Crippen molar-refractivity contribution < 1.29 is 28.2 Å². The van der Waals surface area contributed by atoms with Gasteiger partial charge in [-0.25, -0.2) is 14.0 Å². The van der Waals surface area contributed by atoms with Crippen LogP contribution in [0.3, 0.4) is 0 Å². The van der Waals surface area contributed by atoms with E-state index in [2.05, 4.69) is 16.6 Å². The molecule has 150 valence electrons. The van der Waals surface area contributed by atoms with E-state index in [-0.39, 0.29) is 22.6 Å². The lowest BCUT2D eigenvalue weighted by molar-refractivity contribution is -0.148. The van der Waals surface area contributed by atoms with Crippen molar-refractivity contribution >= 4 is 29.4 Å². The number of benzene rings is 1. The van der Waals surface area contributed by atoms with Crippen LogP contribution in [0.1, 0.15) is 40.0 Å². The summed E-state index contributed by atoms with van der Waals surface area (Å²) in [5, 5.41) is 2.32. The maximum Gasteiger partial charge on any atom is 0.412 e. The van der Waals surface area contributed by atoms with E-state index in [0.29, 0.717) is 12.0 Å². The number of methoxy groups -OCH3 is 1. The predicted molar refractivity (Wildman–Crippen MR) is 102 cm³/mol. The van der Waals surface area contributed by atoms with Crippen LogP contribution >= 0.6 is 11.6 Å². The van der Waals surface area contributed by atoms with Gasteiger partial charge in [0.25, 0.3) is 0 Å². The monoisotopic (exact) mass is 401 g/mol. The van der Waals surface area contributed by atoms with Crippen LogP contribution < -0.4 is 10.1 Å². The number of hydrogen-bond donors (Lipinski definition) is 1. The van der Waals surface area contributed by atoms with Crippen molar-refractivity contribution in [1.82, 2.24) is 0 Å². The zero-order valence-electron chi connectivity index (χ0n) is 15.9. The van der Waals surface area contributed by atoms with E-state index >= 15 is 0 Å². The molecule has 1 aromatic carbocycles. The van der Waals surface area contributed by atoms with Crippen LogP contribution in [0, 0.1) is 5.82 Å². The molecule has 6 nitrogen and oxygen atoms in total. The second-order valence-corrected chi connectivity index (χ2v) is 6.53. The van der Waals surface area contributed by atoms with E-state index in [1.54, 1.807) is 13.8 Å². The molecular weight excluding hydrogens is 377 g/mol. The Balaban J connectivity index is 2.92. The van der Waals surface area contributed by atoms with Gasteiger partial charge in [-0.1, -0.05) is 31.5 Å². The van der Waals surface area contributed by atoms with Gasteiger partial charge in [0.15, 0.2) is 0 Å². The number of anilines is 1. The van der Waals surface area contributed by atoms with Gasteiger partial charge in [-0.3, -0.25) is 5.32 Å². The Labute approximate surface area is 163 Å². The van der Waals surface area contributed by atoms with Gasteiger partial charge < -0.3 is 14.2 Å². The highest BCUT2D eigenvalue weighted by molar-refractivity contribution is 6.32. The summed E-state index contributed by atoms with van der Waals surface area (Å²) in [4.78, 5) is 24.1. The van der Waals surface area contributed by atoms with Crippen molar-refractivity contribution in [3.05, 3.63) is 35.1 Å². The summed E-state index contributed by atoms with van der Waals surface area (Å²) in [6, 6.07) is 2.27. The van der Waals surface area contributed by atoms with Crippen LogP contribution in [0.15, 0.2) is 24.3 Å². The number of carbonyl (C=O) groups excluding carboxylic acids is 2. The van der Waals surface area contributed by atoms with E-state index < -0.39 is 24.0 Å². The molecule has 0 saturated carbocycles. The first-order chi connectivity index (χ1) is 12.7. The first-order valence-corrected chi connectivity index (χ1v) is 8.96. The van der Waals surface area contributed by atoms with Gasteiger partial charge in [-0.05, 0) is 38.3 Å². The lowest BCUT2D eigenvalue weighted by atomic mass is 10.1. The summed E-state index contributed by atoms with van der Waals surface area (Å²) in [6.07, 6.45) is -0.348. The summed E-state index contributed by atoms with van der Waals surface area (Å²) in [6.45, 7) is 9.32. The molecule has 0 aliphatic heterocycles. The third kappa shape index (κ3) is 7.09. The number of ether oxygens (including phenoxy) is 3. The van der Waals surface area contributed by atoms with Crippen LogP contribution in [0.25, 0.3) is 0 Å². The molecule has 1 amide bonds. The van der Waals surface area contributed by atoms with Crippen LogP contribution in [0.5, 0.6) is 5.75 Å².